The van der Waals surface area contributed by atoms with Gasteiger partial charge in [-0.2, -0.15) is 0 Å². The van der Waals surface area contributed by atoms with Crippen LogP contribution in [0.4, 0.5) is 13.2 Å². The molecule has 1 aliphatic rings. The van der Waals surface area contributed by atoms with Crippen LogP contribution in [0.5, 0.6) is 0 Å². The summed E-state index contributed by atoms with van der Waals surface area (Å²) in [7, 11) is 2.06. The number of carboxylic acids is 1. The number of hydrogen-bond acceptors (Lipinski definition) is 3. The van der Waals surface area contributed by atoms with Crippen LogP contribution in [-0.4, -0.2) is 30.5 Å². The van der Waals surface area contributed by atoms with Crippen molar-refractivity contribution in [3.63, 3.8) is 0 Å². The van der Waals surface area contributed by atoms with Crippen molar-refractivity contribution in [2.45, 2.75) is 56.5 Å². The highest BCUT2D eigenvalue weighted by Crippen LogP contribution is 2.38. The number of aliphatic carboxylic acids is 1. The van der Waals surface area contributed by atoms with E-state index in [9.17, 15) is 23.1 Å². The molecule has 1 unspecified atom stereocenters. The molecule has 1 aliphatic carbocycles. The molecule has 4 N–H and O–H groups in total. The van der Waals surface area contributed by atoms with E-state index in [1.54, 1.807) is 6.07 Å². The summed E-state index contributed by atoms with van der Waals surface area (Å²) in [6.45, 7) is 0.404. The molecule has 0 radical (unpaired) electrons. The van der Waals surface area contributed by atoms with Gasteiger partial charge >= 0.3 is 5.97 Å². The number of benzene rings is 2. The molecule has 0 saturated heterocycles. The number of rotatable bonds is 10. The molecule has 4 nitrogen and oxygen atoms in total. The Morgan fingerprint density at radius 3 is 2.32 bits per heavy atom. The van der Waals surface area contributed by atoms with Gasteiger partial charge in [-0.3, -0.25) is 4.79 Å². The highest BCUT2D eigenvalue weighted by atomic mass is 19.1. The van der Waals surface area contributed by atoms with Crippen molar-refractivity contribution in [3.05, 3.63) is 59.4 Å². The largest absolute Gasteiger partial charge is 0.480 e. The zero-order chi connectivity index (χ0) is 22.6. The van der Waals surface area contributed by atoms with Gasteiger partial charge in [-0.05, 0) is 48.9 Å². The van der Waals surface area contributed by atoms with E-state index < -0.39 is 29.0 Å². The minimum absolute atomic E-state index is 0.0104. The molecular formula is C23H28BF3N2O2. The maximum Gasteiger partial charge on any atom is 0.323 e. The van der Waals surface area contributed by atoms with Crippen LogP contribution in [0.3, 0.4) is 0 Å². The zero-order valence-corrected chi connectivity index (χ0v) is 17.6. The van der Waals surface area contributed by atoms with Gasteiger partial charge in [0, 0.05) is 29.8 Å². The summed E-state index contributed by atoms with van der Waals surface area (Å²) in [6, 6.07) is 7.67. The highest BCUT2D eigenvalue weighted by Gasteiger charge is 2.47. The van der Waals surface area contributed by atoms with Crippen molar-refractivity contribution < 1.29 is 23.1 Å². The number of unbranched alkanes of at least 4 members (excludes halogenated alkanes) is 1. The fraction of sp³-hybridized carbons (Fsp3) is 0.435. The summed E-state index contributed by atoms with van der Waals surface area (Å²) in [5, 5.41) is 12.9. The van der Waals surface area contributed by atoms with E-state index in [0.29, 0.717) is 31.4 Å². The van der Waals surface area contributed by atoms with Crippen molar-refractivity contribution in [1.29, 1.82) is 0 Å². The van der Waals surface area contributed by atoms with E-state index in [2.05, 4.69) is 13.2 Å². The fourth-order valence-corrected chi connectivity index (χ4v) is 4.22. The molecule has 0 aliphatic heterocycles. The third kappa shape index (κ3) is 5.30. The number of carbonyl (C=O) groups is 1. The number of nitrogens with one attached hydrogen (secondary N) is 1. The Kier molecular flexibility index (Phi) is 7.44. The normalized spacial score (nSPS) is 20.1. The Bertz CT molecular complexity index is 937. The van der Waals surface area contributed by atoms with Crippen LogP contribution in [0.25, 0.3) is 11.1 Å². The summed E-state index contributed by atoms with van der Waals surface area (Å²) in [6.07, 6.45) is 4.57. The lowest BCUT2D eigenvalue weighted by molar-refractivity contribution is -0.148. The average molecular weight is 432 g/mol. The minimum Gasteiger partial charge on any atom is -0.480 e. The maximum atomic E-state index is 14.5. The summed E-state index contributed by atoms with van der Waals surface area (Å²) in [5.41, 5.74) is 5.82. The van der Waals surface area contributed by atoms with E-state index in [0.717, 1.165) is 31.3 Å². The smallest absolute Gasteiger partial charge is 0.323 e. The van der Waals surface area contributed by atoms with E-state index >= 15 is 0 Å². The fourth-order valence-electron chi connectivity index (χ4n) is 4.22. The minimum atomic E-state index is -1.19. The van der Waals surface area contributed by atoms with Crippen molar-refractivity contribution in [2.75, 3.05) is 0 Å². The summed E-state index contributed by atoms with van der Waals surface area (Å²) >= 11 is 0. The Labute approximate surface area is 181 Å². The quantitative estimate of drug-likeness (QED) is 0.396. The van der Waals surface area contributed by atoms with Gasteiger partial charge in [0.25, 0.3) is 0 Å². The molecule has 2 aromatic carbocycles. The molecule has 0 bridgehead atoms. The number of halogens is 3. The van der Waals surface area contributed by atoms with Crippen LogP contribution in [-0.2, 0) is 11.3 Å². The first-order valence-electron chi connectivity index (χ1n) is 10.7. The Morgan fingerprint density at radius 1 is 1.10 bits per heavy atom. The van der Waals surface area contributed by atoms with Gasteiger partial charge < -0.3 is 16.2 Å². The molecule has 31 heavy (non-hydrogen) atoms. The van der Waals surface area contributed by atoms with Crippen molar-refractivity contribution in [3.8, 4) is 11.1 Å². The SMILES string of the molecule is BCCCCC(N)(C(=O)O)[C@H]1C[C@@H](NCc2ccc(-c3ccc(F)cc3F)c(F)c2)C1. The lowest BCUT2D eigenvalue weighted by Gasteiger charge is -2.45. The third-order valence-electron chi connectivity index (χ3n) is 6.31. The van der Waals surface area contributed by atoms with Crippen molar-refractivity contribution in [2.24, 2.45) is 11.7 Å². The maximum absolute atomic E-state index is 14.5. The summed E-state index contributed by atoms with van der Waals surface area (Å²) in [4.78, 5) is 11.7. The number of carboxylic acid groups (broad SMARTS) is 1. The van der Waals surface area contributed by atoms with Crippen LogP contribution in [0.1, 0.15) is 37.7 Å². The zero-order valence-electron chi connectivity index (χ0n) is 17.6. The molecule has 0 spiro atoms. The Morgan fingerprint density at radius 2 is 1.74 bits per heavy atom. The van der Waals surface area contributed by atoms with Gasteiger partial charge in [0.1, 0.15) is 30.8 Å². The van der Waals surface area contributed by atoms with Crippen molar-refractivity contribution in [1.82, 2.24) is 5.32 Å². The second-order valence-electron chi connectivity index (χ2n) is 8.49. The predicted octanol–water partition coefficient (Wildman–Crippen LogP) is 3.64. The highest BCUT2D eigenvalue weighted by molar-refractivity contribution is 6.08. The number of hydrogen-bond donors (Lipinski definition) is 3. The molecule has 0 heterocycles. The standard InChI is InChI=1S/C23H28BF3N2O2/c24-8-2-1-7-23(28,22(30)31)15-10-17(11-15)29-13-14-3-5-18(20(26)9-14)19-6-4-16(25)12-21(19)27/h3-6,9,12,15,17,29H,1-2,7-8,10-11,13,24,28H2,(H,30,31)/t15-,17+,23?. The van der Waals surface area contributed by atoms with Crippen LogP contribution < -0.4 is 11.1 Å². The molecule has 8 heteroatoms. The summed E-state index contributed by atoms with van der Waals surface area (Å²) < 4.78 is 41.5. The molecule has 166 valence electrons. The topological polar surface area (TPSA) is 75.4 Å². The second kappa shape index (κ2) is 9.87. The average Bonchev–Trinajstić information content (AvgIpc) is 2.67. The van der Waals surface area contributed by atoms with Crippen LogP contribution in [0, 0.1) is 23.4 Å². The lowest BCUT2D eigenvalue weighted by Crippen LogP contribution is -2.60. The Hall–Kier alpha value is -2.32. The van der Waals surface area contributed by atoms with Crippen molar-refractivity contribution >= 4 is 13.8 Å². The Balaban J connectivity index is 1.56. The molecular weight excluding hydrogens is 404 g/mol. The first kappa shape index (κ1) is 23.4. The molecule has 0 amide bonds. The van der Waals surface area contributed by atoms with Gasteiger partial charge in [0.15, 0.2) is 0 Å². The number of nitrogens with two attached hydrogens (primary N) is 1. The third-order valence-corrected chi connectivity index (χ3v) is 6.31. The van der Waals surface area contributed by atoms with Gasteiger partial charge in [0.05, 0.1) is 0 Å². The first-order chi connectivity index (χ1) is 14.7. The molecule has 1 atom stereocenters. The van der Waals surface area contributed by atoms with E-state index in [4.69, 9.17) is 5.73 Å². The second-order valence-corrected chi connectivity index (χ2v) is 8.49. The van der Waals surface area contributed by atoms with Gasteiger partial charge in [0.2, 0.25) is 0 Å². The molecule has 1 saturated carbocycles. The molecule has 0 aromatic heterocycles. The lowest BCUT2D eigenvalue weighted by atomic mass is 9.66. The summed E-state index contributed by atoms with van der Waals surface area (Å²) in [5.74, 6) is -3.14. The van der Waals surface area contributed by atoms with E-state index in [1.807, 2.05) is 0 Å². The monoisotopic (exact) mass is 432 g/mol. The molecule has 1 fully saturated rings. The molecule has 2 aromatic rings. The van der Waals surface area contributed by atoms with Gasteiger partial charge in [-0.1, -0.05) is 31.3 Å². The molecule has 3 rings (SSSR count). The van der Waals surface area contributed by atoms with Gasteiger partial charge in [-0.15, -0.1) is 0 Å². The van der Waals surface area contributed by atoms with Crippen LogP contribution in [0.2, 0.25) is 6.32 Å². The van der Waals surface area contributed by atoms with E-state index in [-0.39, 0.29) is 23.1 Å². The van der Waals surface area contributed by atoms with Crippen LogP contribution in [0.15, 0.2) is 36.4 Å². The van der Waals surface area contributed by atoms with E-state index in [1.165, 1.54) is 18.2 Å². The van der Waals surface area contributed by atoms with Gasteiger partial charge in [-0.25, -0.2) is 13.2 Å². The van der Waals surface area contributed by atoms with Crippen LogP contribution >= 0.6 is 0 Å². The first-order valence-corrected chi connectivity index (χ1v) is 10.7. The predicted molar refractivity (Wildman–Crippen MR) is 117 cm³/mol.